The van der Waals surface area contributed by atoms with Gasteiger partial charge in [0.05, 0.1) is 4.11 Å². The average molecular weight is 206 g/mol. The number of rotatable bonds is 1. The summed E-state index contributed by atoms with van der Waals surface area (Å²) in [6.07, 6.45) is -8.62. The molecule has 1 saturated heterocycles. The van der Waals surface area contributed by atoms with Crippen molar-refractivity contribution in [2.24, 2.45) is 5.89 Å². The van der Waals surface area contributed by atoms with Crippen LogP contribution in [0, 0.1) is 5.89 Å². The molecule has 14 heavy (non-hydrogen) atoms. The van der Waals surface area contributed by atoms with Gasteiger partial charge >= 0.3 is 0 Å². The lowest BCUT2D eigenvalue weighted by molar-refractivity contribution is 0.444. The molecule has 3 nitrogen and oxygen atoms in total. The minimum Gasteiger partial charge on any atom is -0.399 e. The minimum atomic E-state index is -3.90. The van der Waals surface area contributed by atoms with E-state index < -0.39 is 68.2 Å². The highest BCUT2D eigenvalue weighted by molar-refractivity contribution is 5.50. The normalized spacial score (nSPS) is 58.6. The number of piperidine rings is 1. The summed E-state index contributed by atoms with van der Waals surface area (Å²) in [5.41, 5.74) is 4.78. The number of nitrogens with zero attached hydrogens (tertiary/aromatic N) is 2. The second-order valence-electron chi connectivity index (χ2n) is 2.39. The average Bonchev–Trinajstić information content (AvgIpc) is 2.53. The Bertz CT molecular complexity index is 847. The summed E-state index contributed by atoms with van der Waals surface area (Å²) in [5, 5.41) is 0. The molecule has 0 spiro atoms. The number of anilines is 2. The van der Waals surface area contributed by atoms with Gasteiger partial charge in [0.15, 0.2) is 0 Å². The SMILES string of the molecule is [2H]c1nc(N2C([2H])([2H])C([2H])([2H])C([2H])([2H])C([2H])(C([2H])([2H])[2H])C2([2H])[2H])c([2H])c(N)c1[2H]. The highest BCUT2D eigenvalue weighted by Gasteiger charge is 2.17. The number of nitrogens with two attached hydrogens (primary N) is 1. The van der Waals surface area contributed by atoms with E-state index in [0.29, 0.717) is 0 Å². The summed E-state index contributed by atoms with van der Waals surface area (Å²) >= 11 is 0. The molecule has 76 valence electrons. The van der Waals surface area contributed by atoms with Crippen molar-refractivity contribution < 1.29 is 20.6 Å². The first-order valence-electron chi connectivity index (χ1n) is 11.2. The lowest BCUT2D eigenvalue weighted by Gasteiger charge is -2.31. The lowest BCUT2D eigenvalue weighted by atomic mass is 10.0. The fraction of sp³-hybridized carbons (Fsp3) is 0.545. The zero-order valence-electron chi connectivity index (χ0n) is 22.0. The van der Waals surface area contributed by atoms with Gasteiger partial charge in [0.2, 0.25) is 0 Å². The van der Waals surface area contributed by atoms with Crippen LogP contribution < -0.4 is 10.6 Å². The Balaban J connectivity index is 3.04. The summed E-state index contributed by atoms with van der Waals surface area (Å²) in [4.78, 5) is 3.14. The van der Waals surface area contributed by atoms with E-state index in [1.54, 1.807) is 0 Å². The van der Waals surface area contributed by atoms with E-state index in [1.807, 2.05) is 0 Å². The molecule has 0 amide bonds. The van der Waals surface area contributed by atoms with Gasteiger partial charge in [0.1, 0.15) is 5.82 Å². The van der Waals surface area contributed by atoms with Gasteiger partial charge < -0.3 is 10.6 Å². The van der Waals surface area contributed by atoms with Crippen LogP contribution in [0.15, 0.2) is 18.3 Å². The zero-order valence-corrected chi connectivity index (χ0v) is 6.97. The number of aromatic nitrogens is 1. The molecule has 1 aliphatic heterocycles. The largest absolute Gasteiger partial charge is 0.399 e. The minimum absolute atomic E-state index is 0.267. The molecule has 1 fully saturated rings. The zero-order chi connectivity index (χ0) is 23.2. The van der Waals surface area contributed by atoms with Crippen molar-refractivity contribution in [1.29, 1.82) is 0 Å². The molecule has 0 aromatic carbocycles. The molecule has 2 heterocycles. The Kier molecular flexibility index (Phi) is 0.588. The van der Waals surface area contributed by atoms with Crippen LogP contribution >= 0.6 is 0 Å². The van der Waals surface area contributed by atoms with Crippen LogP contribution in [0.2, 0.25) is 0 Å². The van der Waals surface area contributed by atoms with Gasteiger partial charge in [-0.3, -0.25) is 0 Å². The summed E-state index contributed by atoms with van der Waals surface area (Å²) in [7, 11) is 0. The van der Waals surface area contributed by atoms with Crippen LogP contribution in [-0.4, -0.2) is 18.0 Å². The third-order valence-electron chi connectivity index (χ3n) is 1.39. The Morgan fingerprint density at radius 2 is 2.86 bits per heavy atom. The van der Waals surface area contributed by atoms with E-state index in [-0.39, 0.29) is 4.90 Å². The standard InChI is InChI=1S/C11H17N3/c1-9-3-2-6-14(8-9)11-7-10(12)4-5-13-11/h4-5,7,9H,2-3,6,8H2,1H3,(H2,12,13)/i1D3,2D2,3D2,4D,5D,6D2,7D,8D2,9D. The van der Waals surface area contributed by atoms with Crippen LogP contribution in [0.5, 0.6) is 0 Å². The maximum atomic E-state index is 8.24. The Morgan fingerprint density at radius 3 is 3.71 bits per heavy atom. The van der Waals surface area contributed by atoms with Gasteiger partial charge in [-0.1, -0.05) is 6.85 Å². The maximum Gasteiger partial charge on any atom is 0.130 e. The summed E-state index contributed by atoms with van der Waals surface area (Å²) in [6, 6.07) is -1.74. The first-order chi connectivity index (χ1) is 12.6. The van der Waals surface area contributed by atoms with Crippen LogP contribution in [0.4, 0.5) is 11.5 Å². The van der Waals surface area contributed by atoms with E-state index in [1.165, 1.54) is 0 Å². The highest BCUT2D eigenvalue weighted by atomic mass is 15.2. The van der Waals surface area contributed by atoms with Gasteiger partial charge in [-0.25, -0.2) is 4.98 Å². The molecule has 2 N–H and O–H groups in total. The van der Waals surface area contributed by atoms with E-state index >= 15 is 0 Å². The van der Waals surface area contributed by atoms with Gasteiger partial charge in [-0.2, -0.15) is 0 Å². The molecular weight excluding hydrogens is 174 g/mol. The van der Waals surface area contributed by atoms with Gasteiger partial charge in [0, 0.05) is 47.3 Å². The van der Waals surface area contributed by atoms with Crippen molar-refractivity contribution in [3.8, 4) is 0 Å². The molecule has 1 aliphatic rings. The number of pyridine rings is 1. The van der Waals surface area contributed by atoms with E-state index in [2.05, 4.69) is 4.98 Å². The van der Waals surface area contributed by atoms with Crippen molar-refractivity contribution in [1.82, 2.24) is 4.98 Å². The van der Waals surface area contributed by atoms with Crippen LogP contribution in [0.25, 0.3) is 0 Å². The fourth-order valence-corrected chi connectivity index (χ4v) is 0.847. The summed E-state index contributed by atoms with van der Waals surface area (Å²) in [5.74, 6) is -5.02. The number of hydrogen-bond acceptors (Lipinski definition) is 3. The smallest absolute Gasteiger partial charge is 0.130 e. The van der Waals surface area contributed by atoms with Crippen molar-refractivity contribution in [2.75, 3.05) is 23.6 Å². The molecule has 0 bridgehead atoms. The molecule has 1 aromatic rings. The third kappa shape index (κ3) is 1.97. The van der Waals surface area contributed by atoms with Crippen LogP contribution in [0.3, 0.4) is 0 Å². The Morgan fingerprint density at radius 1 is 1.93 bits per heavy atom. The van der Waals surface area contributed by atoms with Crippen molar-refractivity contribution >= 4 is 11.5 Å². The predicted octanol–water partition coefficient (Wildman–Crippen LogP) is 1.90. The molecule has 1 atom stereocenters. The van der Waals surface area contributed by atoms with E-state index in [9.17, 15) is 0 Å². The van der Waals surface area contributed by atoms with Gasteiger partial charge in [-0.15, -0.1) is 0 Å². The van der Waals surface area contributed by atoms with Crippen molar-refractivity contribution in [3.05, 3.63) is 18.3 Å². The third-order valence-corrected chi connectivity index (χ3v) is 1.39. The molecule has 2 rings (SSSR count). The predicted molar refractivity (Wildman–Crippen MR) is 59.3 cm³/mol. The van der Waals surface area contributed by atoms with Crippen molar-refractivity contribution in [2.45, 2.75) is 19.6 Å². The molecule has 1 aromatic heterocycles. The Labute approximate surface area is 106 Å². The van der Waals surface area contributed by atoms with E-state index in [0.717, 1.165) is 0 Å². The van der Waals surface area contributed by atoms with Crippen molar-refractivity contribution in [3.63, 3.8) is 0 Å². The first kappa shape index (κ1) is 2.13. The highest BCUT2D eigenvalue weighted by Crippen LogP contribution is 2.21. The molecule has 0 aliphatic carbocycles. The topological polar surface area (TPSA) is 42.2 Å². The van der Waals surface area contributed by atoms with Crippen LogP contribution in [0.1, 0.15) is 40.2 Å². The Hall–Kier alpha value is -1.25. The van der Waals surface area contributed by atoms with Crippen LogP contribution in [-0.2, 0) is 0 Å². The molecular formula is C11H17N3. The molecule has 3 heteroatoms. The summed E-state index contributed by atoms with van der Waals surface area (Å²) in [6.45, 7) is -11.3. The van der Waals surface area contributed by atoms with E-state index in [4.69, 9.17) is 26.3 Å². The maximum absolute atomic E-state index is 8.24. The second-order valence-corrected chi connectivity index (χ2v) is 2.39. The quantitative estimate of drug-likeness (QED) is 0.763. The first-order valence-corrected chi connectivity index (χ1v) is 3.66. The molecule has 1 unspecified atom stereocenters. The number of nitrogen functional groups attached to an aromatic ring is 1. The lowest BCUT2D eigenvalue weighted by Crippen LogP contribution is -2.34. The molecule has 0 radical (unpaired) electrons. The second kappa shape index (κ2) is 3.86. The fourth-order valence-electron chi connectivity index (χ4n) is 0.847. The monoisotopic (exact) mass is 206 g/mol. The molecule has 0 saturated carbocycles. The van der Waals surface area contributed by atoms with Gasteiger partial charge in [-0.05, 0) is 24.7 Å². The van der Waals surface area contributed by atoms with Gasteiger partial charge in [0.25, 0.3) is 0 Å². The summed E-state index contributed by atoms with van der Waals surface area (Å²) < 4.78 is 119. The number of hydrogen-bond donors (Lipinski definition) is 1.